The minimum Gasteiger partial charge on any atom is -0.369 e. The lowest BCUT2D eigenvalue weighted by atomic mass is 10.1. The number of hydrogen-bond donors (Lipinski definition) is 3. The Morgan fingerprint density at radius 3 is 2.79 bits per heavy atom. The van der Waals surface area contributed by atoms with Crippen LogP contribution in [0.3, 0.4) is 0 Å². The summed E-state index contributed by atoms with van der Waals surface area (Å²) in [5.74, 6) is -4.19. The highest BCUT2D eigenvalue weighted by atomic mass is 19.2. The second kappa shape index (κ2) is 7.76. The topological polar surface area (TPSA) is 118 Å². The number of urea groups is 1. The summed E-state index contributed by atoms with van der Waals surface area (Å²) >= 11 is 0. The zero-order valence-corrected chi connectivity index (χ0v) is 14.9. The van der Waals surface area contributed by atoms with Gasteiger partial charge in [-0.15, -0.1) is 0 Å². The Morgan fingerprint density at radius 2 is 2.14 bits per heavy atom. The highest BCUT2D eigenvalue weighted by Gasteiger charge is 2.35. The van der Waals surface area contributed by atoms with Gasteiger partial charge in [0.05, 0.1) is 28.6 Å². The fraction of sp³-hybridized carbons (Fsp3) is 0.222. The second-order valence-corrected chi connectivity index (χ2v) is 6.25. The lowest BCUT2D eigenvalue weighted by Gasteiger charge is -2.34. The number of carbonyl (C=O) groups excluding carboxylic acids is 2. The molecular formula is C18H14F3N5O3. The largest absolute Gasteiger partial charge is 0.369 e. The molecule has 3 rings (SSSR count). The monoisotopic (exact) mass is 405 g/mol. The SMILES string of the molecule is C[C@@H](NC(=O)CN1C(=O)Nc2ccc(F)c(F)c2[C@H]1O)c1ncc(C#N)cc1F. The summed E-state index contributed by atoms with van der Waals surface area (Å²) < 4.78 is 41.5. The maximum atomic E-state index is 14.0. The molecule has 8 nitrogen and oxygen atoms in total. The highest BCUT2D eigenvalue weighted by Crippen LogP contribution is 2.34. The van der Waals surface area contributed by atoms with Crippen molar-refractivity contribution < 1.29 is 27.9 Å². The average Bonchev–Trinajstić information content (AvgIpc) is 2.67. The van der Waals surface area contributed by atoms with Gasteiger partial charge >= 0.3 is 6.03 Å². The molecule has 2 aromatic rings. The normalized spacial score (nSPS) is 16.5. The molecule has 0 fully saturated rings. The third kappa shape index (κ3) is 3.83. The van der Waals surface area contributed by atoms with Crippen molar-refractivity contribution in [3.05, 3.63) is 58.7 Å². The molecular weight excluding hydrogens is 391 g/mol. The van der Waals surface area contributed by atoms with Gasteiger partial charge in [0, 0.05) is 6.20 Å². The molecule has 0 spiro atoms. The Balaban J connectivity index is 1.74. The minimum absolute atomic E-state index is 0.00538. The van der Waals surface area contributed by atoms with Crippen molar-refractivity contribution in [2.75, 3.05) is 11.9 Å². The van der Waals surface area contributed by atoms with Gasteiger partial charge in [-0.25, -0.2) is 18.0 Å². The number of halogens is 3. The number of nitriles is 1. The van der Waals surface area contributed by atoms with Crippen LogP contribution in [-0.2, 0) is 4.79 Å². The average molecular weight is 405 g/mol. The molecule has 1 aliphatic rings. The second-order valence-electron chi connectivity index (χ2n) is 6.25. The summed E-state index contributed by atoms with van der Waals surface area (Å²) in [5.41, 5.74) is -0.759. The molecule has 0 radical (unpaired) electrons. The fourth-order valence-electron chi connectivity index (χ4n) is 2.88. The fourth-order valence-corrected chi connectivity index (χ4v) is 2.88. The molecule has 1 aliphatic heterocycles. The molecule has 0 saturated carbocycles. The van der Waals surface area contributed by atoms with Crippen LogP contribution in [0.25, 0.3) is 0 Å². The predicted octanol–water partition coefficient (Wildman–Crippen LogP) is 2.09. The molecule has 0 saturated heterocycles. The van der Waals surface area contributed by atoms with Crippen molar-refractivity contribution in [1.82, 2.24) is 15.2 Å². The zero-order valence-electron chi connectivity index (χ0n) is 14.9. The van der Waals surface area contributed by atoms with Crippen LogP contribution < -0.4 is 10.6 Å². The maximum absolute atomic E-state index is 14.0. The van der Waals surface area contributed by atoms with Crippen LogP contribution in [0.4, 0.5) is 23.7 Å². The van der Waals surface area contributed by atoms with E-state index in [0.717, 1.165) is 24.4 Å². The molecule has 0 unspecified atom stereocenters. The number of aliphatic hydroxyl groups excluding tert-OH is 1. The molecule has 2 atom stereocenters. The van der Waals surface area contributed by atoms with Gasteiger partial charge in [-0.05, 0) is 25.1 Å². The van der Waals surface area contributed by atoms with Crippen molar-refractivity contribution >= 4 is 17.6 Å². The van der Waals surface area contributed by atoms with Crippen LogP contribution in [0.2, 0.25) is 0 Å². The van der Waals surface area contributed by atoms with Gasteiger partial charge in [0.15, 0.2) is 17.9 Å². The Morgan fingerprint density at radius 1 is 1.41 bits per heavy atom. The van der Waals surface area contributed by atoms with Gasteiger partial charge in [-0.1, -0.05) is 0 Å². The molecule has 3 N–H and O–H groups in total. The van der Waals surface area contributed by atoms with E-state index in [1.807, 2.05) is 0 Å². The van der Waals surface area contributed by atoms with E-state index in [2.05, 4.69) is 15.6 Å². The number of pyridine rings is 1. The Kier molecular flexibility index (Phi) is 5.38. The van der Waals surface area contributed by atoms with Crippen molar-refractivity contribution in [3.63, 3.8) is 0 Å². The zero-order chi connectivity index (χ0) is 21.3. The minimum atomic E-state index is -1.90. The van der Waals surface area contributed by atoms with Crippen molar-refractivity contribution in [3.8, 4) is 6.07 Å². The molecule has 3 amide bonds. The quantitative estimate of drug-likeness (QED) is 0.720. The molecule has 1 aromatic heterocycles. The van der Waals surface area contributed by atoms with Crippen LogP contribution in [0.5, 0.6) is 0 Å². The summed E-state index contributed by atoms with van der Waals surface area (Å²) in [4.78, 5) is 28.8. The number of carbonyl (C=O) groups is 2. The molecule has 0 bridgehead atoms. The van der Waals surface area contributed by atoms with Gasteiger partial charge in [0.2, 0.25) is 5.91 Å². The molecule has 2 heterocycles. The smallest absolute Gasteiger partial charge is 0.324 e. The van der Waals surface area contributed by atoms with Crippen LogP contribution in [0.15, 0.2) is 24.4 Å². The van der Waals surface area contributed by atoms with E-state index in [4.69, 9.17) is 5.26 Å². The lowest BCUT2D eigenvalue weighted by Crippen LogP contribution is -2.48. The molecule has 29 heavy (non-hydrogen) atoms. The number of aromatic nitrogens is 1. The summed E-state index contributed by atoms with van der Waals surface area (Å²) in [6, 6.07) is 2.75. The van der Waals surface area contributed by atoms with Crippen molar-refractivity contribution in [1.29, 1.82) is 5.26 Å². The number of nitrogens with zero attached hydrogens (tertiary/aromatic N) is 3. The number of anilines is 1. The summed E-state index contributed by atoms with van der Waals surface area (Å²) in [5, 5.41) is 23.7. The van der Waals surface area contributed by atoms with E-state index < -0.39 is 53.8 Å². The Bertz CT molecular complexity index is 1040. The van der Waals surface area contributed by atoms with E-state index in [1.54, 1.807) is 6.07 Å². The van der Waals surface area contributed by atoms with Crippen LogP contribution in [-0.4, -0.2) is 33.5 Å². The Hall–Kier alpha value is -3.65. The van der Waals surface area contributed by atoms with E-state index in [9.17, 15) is 27.9 Å². The number of rotatable bonds is 4. The first kappa shape index (κ1) is 20.1. The first-order chi connectivity index (χ1) is 13.7. The third-order valence-corrected chi connectivity index (χ3v) is 4.29. The standard InChI is InChI=1S/C18H14F3N5O3/c1-8(16-11(20)4-9(5-22)6-23-16)24-13(27)7-26-17(28)14-12(25-18(26)29)3-2-10(19)15(14)21/h2-4,6,8,17,28H,7H2,1H3,(H,24,27)(H,25,29)/t8-,17-/m1/s1. The first-order valence-electron chi connectivity index (χ1n) is 8.31. The Labute approximate surface area is 162 Å². The van der Waals surface area contributed by atoms with E-state index in [1.165, 1.54) is 6.92 Å². The lowest BCUT2D eigenvalue weighted by molar-refractivity contribution is -0.124. The van der Waals surface area contributed by atoms with Crippen molar-refractivity contribution in [2.24, 2.45) is 0 Å². The number of amides is 3. The van der Waals surface area contributed by atoms with Gasteiger partial charge < -0.3 is 15.7 Å². The number of aliphatic hydroxyl groups is 1. The molecule has 0 aliphatic carbocycles. The summed E-state index contributed by atoms with van der Waals surface area (Å²) in [6.45, 7) is 0.705. The first-order valence-corrected chi connectivity index (χ1v) is 8.31. The summed E-state index contributed by atoms with van der Waals surface area (Å²) in [7, 11) is 0. The third-order valence-electron chi connectivity index (χ3n) is 4.29. The molecule has 150 valence electrons. The number of hydrogen-bond acceptors (Lipinski definition) is 5. The van der Waals surface area contributed by atoms with E-state index in [-0.39, 0.29) is 16.9 Å². The number of fused-ring (bicyclic) bond motifs is 1. The van der Waals surface area contributed by atoms with Gasteiger partial charge in [0.1, 0.15) is 18.4 Å². The van der Waals surface area contributed by atoms with Gasteiger partial charge in [0.25, 0.3) is 0 Å². The van der Waals surface area contributed by atoms with Gasteiger partial charge in [-0.2, -0.15) is 5.26 Å². The van der Waals surface area contributed by atoms with Crippen LogP contribution in [0.1, 0.15) is 36.0 Å². The molecule has 1 aromatic carbocycles. The molecule has 11 heteroatoms. The number of nitrogens with one attached hydrogen (secondary N) is 2. The van der Waals surface area contributed by atoms with Gasteiger partial charge in [-0.3, -0.25) is 14.7 Å². The van der Waals surface area contributed by atoms with E-state index in [0.29, 0.717) is 4.90 Å². The van der Waals surface area contributed by atoms with Crippen LogP contribution in [0, 0.1) is 28.8 Å². The van der Waals surface area contributed by atoms with Crippen LogP contribution >= 0.6 is 0 Å². The van der Waals surface area contributed by atoms with Crippen molar-refractivity contribution in [2.45, 2.75) is 19.2 Å². The maximum Gasteiger partial charge on any atom is 0.324 e. The predicted molar refractivity (Wildman–Crippen MR) is 92.5 cm³/mol. The number of benzene rings is 1. The summed E-state index contributed by atoms with van der Waals surface area (Å²) in [6.07, 6.45) is -0.766. The highest BCUT2D eigenvalue weighted by molar-refractivity contribution is 5.95. The van der Waals surface area contributed by atoms with E-state index >= 15 is 0 Å².